The average Bonchev–Trinajstić information content (AvgIpc) is 3.27. The first-order valence-corrected chi connectivity index (χ1v) is 15.6. The van der Waals surface area contributed by atoms with Gasteiger partial charge in [-0.25, -0.2) is 0 Å². The molecule has 0 N–H and O–H groups in total. The van der Waals surface area contributed by atoms with Crippen LogP contribution in [0.3, 0.4) is 0 Å². The zero-order valence-corrected chi connectivity index (χ0v) is 23.9. The van der Waals surface area contributed by atoms with Crippen LogP contribution in [-0.4, -0.2) is 22.3 Å². The highest BCUT2D eigenvalue weighted by Gasteiger charge is 2.23. The minimum absolute atomic E-state index is 0.316. The molecule has 0 amide bonds. The van der Waals surface area contributed by atoms with Gasteiger partial charge in [-0.15, -0.1) is 11.3 Å². The van der Waals surface area contributed by atoms with E-state index < -0.39 is 9.04 Å². The van der Waals surface area contributed by atoms with E-state index in [1.54, 1.807) is 0 Å². The first-order valence-electron chi connectivity index (χ1n) is 12.9. The van der Waals surface area contributed by atoms with Crippen LogP contribution in [0.1, 0.15) is 58.9 Å². The summed E-state index contributed by atoms with van der Waals surface area (Å²) in [5.74, 6) is 0.950. The number of thiophene rings is 1. The first-order chi connectivity index (χ1) is 16.9. The van der Waals surface area contributed by atoms with Crippen molar-refractivity contribution in [2.24, 2.45) is 0 Å². The Morgan fingerprint density at radius 3 is 2.34 bits per heavy atom. The van der Waals surface area contributed by atoms with Gasteiger partial charge in [0.15, 0.2) is 0 Å². The van der Waals surface area contributed by atoms with E-state index in [4.69, 9.17) is 9.16 Å². The highest BCUT2D eigenvalue weighted by molar-refractivity contribution is 7.22. The van der Waals surface area contributed by atoms with Crippen molar-refractivity contribution >= 4 is 30.5 Å². The number of allylic oxidation sites excluding steroid dienone is 3. The third-order valence-electron chi connectivity index (χ3n) is 6.19. The number of rotatable bonds is 13. The van der Waals surface area contributed by atoms with Crippen LogP contribution in [0.15, 0.2) is 72.8 Å². The summed E-state index contributed by atoms with van der Waals surface area (Å²) in [5, 5.41) is 1.59. The standard InChI is InChI=1S/C31H41O2SSi/c1-6-25-15-17-26(18-16-25)29-23-27-19-20-28(24-30(27)34-29)32-21-13-11-9-7-8-10-12-14-22-33-35(5)31(2,3)4/h8-11,15-20,23-24H,6-7,12-14,21-22H2,1-5H3/b10-8+,11-9+. The number of unbranched alkanes of at least 4 members (excludes halogenated alkanes) is 1. The molecule has 1 heterocycles. The van der Waals surface area contributed by atoms with Crippen LogP contribution in [0.2, 0.25) is 11.6 Å². The monoisotopic (exact) mass is 505 g/mol. The highest BCUT2D eigenvalue weighted by atomic mass is 32.1. The Labute approximate surface area is 218 Å². The lowest BCUT2D eigenvalue weighted by molar-refractivity contribution is 0.300. The summed E-state index contributed by atoms with van der Waals surface area (Å²) in [6.45, 7) is 12.8. The van der Waals surface area contributed by atoms with Crippen molar-refractivity contribution in [1.82, 2.24) is 0 Å². The van der Waals surface area contributed by atoms with Crippen molar-refractivity contribution in [3.8, 4) is 16.2 Å². The molecule has 0 bridgehead atoms. The Balaban J connectivity index is 1.34. The van der Waals surface area contributed by atoms with Crippen molar-refractivity contribution in [3.05, 3.63) is 78.4 Å². The highest BCUT2D eigenvalue weighted by Crippen LogP contribution is 2.35. The van der Waals surface area contributed by atoms with Crippen LogP contribution < -0.4 is 4.74 Å². The zero-order chi connectivity index (χ0) is 25.1. The molecule has 0 aliphatic carbocycles. The minimum atomic E-state index is -0.705. The smallest absolute Gasteiger partial charge is 0.213 e. The molecule has 1 aromatic heterocycles. The molecule has 187 valence electrons. The van der Waals surface area contributed by atoms with E-state index in [0.29, 0.717) is 11.6 Å². The molecule has 0 unspecified atom stereocenters. The Kier molecular flexibility index (Phi) is 10.8. The maximum Gasteiger partial charge on any atom is 0.213 e. The van der Waals surface area contributed by atoms with Gasteiger partial charge in [0.25, 0.3) is 0 Å². The van der Waals surface area contributed by atoms with E-state index in [1.807, 2.05) is 11.3 Å². The number of hydrogen-bond acceptors (Lipinski definition) is 3. The molecule has 1 radical (unpaired) electrons. The largest absolute Gasteiger partial charge is 0.493 e. The Morgan fingerprint density at radius 2 is 1.63 bits per heavy atom. The van der Waals surface area contributed by atoms with Gasteiger partial charge >= 0.3 is 0 Å². The molecule has 0 atom stereocenters. The van der Waals surface area contributed by atoms with E-state index in [9.17, 15) is 0 Å². The second kappa shape index (κ2) is 13.8. The lowest BCUT2D eigenvalue weighted by atomic mass is 10.1. The third kappa shape index (κ3) is 9.10. The topological polar surface area (TPSA) is 18.5 Å². The summed E-state index contributed by atoms with van der Waals surface area (Å²) in [6, 6.07) is 17.6. The van der Waals surface area contributed by atoms with Crippen molar-refractivity contribution in [2.75, 3.05) is 13.2 Å². The van der Waals surface area contributed by atoms with Gasteiger partial charge < -0.3 is 9.16 Å². The molecule has 2 nitrogen and oxygen atoms in total. The summed E-state index contributed by atoms with van der Waals surface area (Å²) < 4.78 is 13.3. The van der Waals surface area contributed by atoms with Gasteiger partial charge in [-0.3, -0.25) is 0 Å². The zero-order valence-electron chi connectivity index (χ0n) is 22.1. The first kappa shape index (κ1) is 27.4. The van der Waals surface area contributed by atoms with Crippen LogP contribution in [-0.2, 0) is 10.8 Å². The molecule has 3 aromatic rings. The van der Waals surface area contributed by atoms with E-state index in [0.717, 1.165) is 44.5 Å². The van der Waals surface area contributed by atoms with Gasteiger partial charge in [0, 0.05) is 16.2 Å². The van der Waals surface area contributed by atoms with Crippen molar-refractivity contribution in [2.45, 2.75) is 71.4 Å². The lowest BCUT2D eigenvalue weighted by Gasteiger charge is -2.24. The molecule has 2 aromatic carbocycles. The Hall–Kier alpha value is -2.14. The van der Waals surface area contributed by atoms with E-state index in [1.165, 1.54) is 26.1 Å². The molecule has 0 aliphatic heterocycles. The third-order valence-corrected chi connectivity index (χ3v) is 10.1. The van der Waals surface area contributed by atoms with Gasteiger partial charge in [-0.1, -0.05) is 76.3 Å². The minimum Gasteiger partial charge on any atom is -0.493 e. The average molecular weight is 506 g/mol. The predicted molar refractivity (Wildman–Crippen MR) is 156 cm³/mol. The van der Waals surface area contributed by atoms with Gasteiger partial charge in [0.2, 0.25) is 9.04 Å². The van der Waals surface area contributed by atoms with Crippen LogP contribution in [0.4, 0.5) is 0 Å². The number of hydrogen-bond donors (Lipinski definition) is 0. The van der Waals surface area contributed by atoms with Crippen LogP contribution in [0.25, 0.3) is 20.5 Å². The summed E-state index contributed by atoms with van der Waals surface area (Å²) in [5.41, 5.74) is 2.66. The molecular formula is C31H41O2SSi. The molecule has 4 heteroatoms. The molecule has 0 saturated carbocycles. The molecular weight excluding hydrogens is 464 g/mol. The fraction of sp³-hybridized carbons (Fsp3) is 0.419. The molecule has 3 rings (SSSR count). The predicted octanol–water partition coefficient (Wildman–Crippen LogP) is 9.62. The fourth-order valence-corrected chi connectivity index (χ4v) is 5.52. The van der Waals surface area contributed by atoms with Gasteiger partial charge in [-0.05, 0) is 84.5 Å². The van der Waals surface area contributed by atoms with E-state index in [2.05, 4.69) is 107 Å². The number of ether oxygens (including phenoxy) is 1. The second-order valence-electron chi connectivity index (χ2n) is 9.97. The molecule has 35 heavy (non-hydrogen) atoms. The van der Waals surface area contributed by atoms with Crippen LogP contribution in [0.5, 0.6) is 5.75 Å². The van der Waals surface area contributed by atoms with E-state index in [-0.39, 0.29) is 0 Å². The SMILES string of the molecule is CCc1ccc(-c2cc3ccc(OCC/C=C/C/C=C/CCCO[Si](C)C(C)(C)C)cc3s2)cc1. The summed E-state index contributed by atoms with van der Waals surface area (Å²) >= 11 is 1.83. The van der Waals surface area contributed by atoms with E-state index >= 15 is 0 Å². The summed E-state index contributed by atoms with van der Waals surface area (Å²) in [4.78, 5) is 1.31. The quantitative estimate of drug-likeness (QED) is 0.131. The lowest BCUT2D eigenvalue weighted by Crippen LogP contribution is -2.26. The van der Waals surface area contributed by atoms with Crippen molar-refractivity contribution in [3.63, 3.8) is 0 Å². The molecule has 0 aliphatic rings. The van der Waals surface area contributed by atoms with Crippen molar-refractivity contribution in [1.29, 1.82) is 0 Å². The normalized spacial score (nSPS) is 12.5. The van der Waals surface area contributed by atoms with Crippen molar-refractivity contribution < 1.29 is 9.16 Å². The van der Waals surface area contributed by atoms with Crippen LogP contribution in [0, 0.1) is 0 Å². The number of benzene rings is 2. The maximum absolute atomic E-state index is 6.01. The number of fused-ring (bicyclic) bond motifs is 1. The second-order valence-corrected chi connectivity index (χ2v) is 14.0. The Morgan fingerprint density at radius 1 is 0.886 bits per heavy atom. The summed E-state index contributed by atoms with van der Waals surface area (Å²) in [6.07, 6.45) is 14.1. The van der Waals surface area contributed by atoms with Gasteiger partial charge in [0.1, 0.15) is 5.75 Å². The fourth-order valence-electron chi connectivity index (χ4n) is 3.54. The maximum atomic E-state index is 6.01. The number of aryl methyl sites for hydroxylation is 1. The van der Waals surface area contributed by atoms with Gasteiger partial charge in [-0.2, -0.15) is 0 Å². The molecule has 0 spiro atoms. The molecule has 0 fully saturated rings. The Bertz CT molecular complexity index is 1090. The van der Waals surface area contributed by atoms with Gasteiger partial charge in [0.05, 0.1) is 6.61 Å². The van der Waals surface area contributed by atoms with Crippen LogP contribution >= 0.6 is 11.3 Å². The summed E-state index contributed by atoms with van der Waals surface area (Å²) in [7, 11) is -0.705. The molecule has 0 saturated heterocycles.